The van der Waals surface area contributed by atoms with Crippen molar-refractivity contribution >= 4 is 5.91 Å². The molecule has 1 aromatic carbocycles. The van der Waals surface area contributed by atoms with Crippen LogP contribution in [0.25, 0.3) is 11.4 Å². The van der Waals surface area contributed by atoms with E-state index in [9.17, 15) is 4.79 Å². The fourth-order valence-corrected chi connectivity index (χ4v) is 1.41. The molecule has 0 saturated carbocycles. The molecule has 0 saturated heterocycles. The summed E-state index contributed by atoms with van der Waals surface area (Å²) in [4.78, 5) is 14.9. The van der Waals surface area contributed by atoms with Crippen molar-refractivity contribution in [1.82, 2.24) is 15.5 Å². The molecule has 2 rings (SSSR count). The summed E-state index contributed by atoms with van der Waals surface area (Å²) < 4.78 is 10.1. The Labute approximate surface area is 104 Å². The van der Waals surface area contributed by atoms with Gasteiger partial charge in [0.15, 0.2) is 0 Å². The highest BCUT2D eigenvalue weighted by molar-refractivity contribution is 5.72. The monoisotopic (exact) mass is 247 g/mol. The van der Waals surface area contributed by atoms with Gasteiger partial charge in [-0.2, -0.15) is 4.98 Å². The molecule has 1 aromatic heterocycles. The van der Waals surface area contributed by atoms with Crippen molar-refractivity contribution in [1.29, 1.82) is 0 Å². The Morgan fingerprint density at radius 1 is 1.50 bits per heavy atom. The van der Waals surface area contributed by atoms with Gasteiger partial charge < -0.3 is 14.6 Å². The van der Waals surface area contributed by atoms with Crippen LogP contribution in [-0.4, -0.2) is 23.2 Å². The fraction of sp³-hybridized carbons (Fsp3) is 0.250. The van der Waals surface area contributed by atoms with Crippen LogP contribution in [0.4, 0.5) is 0 Å². The first-order valence-electron chi connectivity index (χ1n) is 5.40. The molecule has 18 heavy (non-hydrogen) atoms. The maximum atomic E-state index is 10.8. The lowest BCUT2D eigenvalue weighted by atomic mass is 10.2. The summed E-state index contributed by atoms with van der Waals surface area (Å²) >= 11 is 0. The third-order valence-corrected chi connectivity index (χ3v) is 2.28. The predicted octanol–water partition coefficient (Wildman–Crippen LogP) is 1.38. The van der Waals surface area contributed by atoms with Crippen molar-refractivity contribution < 1.29 is 14.1 Å². The van der Waals surface area contributed by atoms with E-state index in [0.29, 0.717) is 11.7 Å². The lowest BCUT2D eigenvalue weighted by Crippen LogP contribution is -2.18. The number of ether oxygens (including phenoxy) is 1. The molecule has 0 spiro atoms. The van der Waals surface area contributed by atoms with Crippen molar-refractivity contribution in [2.24, 2.45) is 0 Å². The number of carbonyl (C=O) groups excluding carboxylic acids is 1. The average Bonchev–Trinajstić information content (AvgIpc) is 2.85. The van der Waals surface area contributed by atoms with Crippen molar-refractivity contribution in [2.45, 2.75) is 13.5 Å². The standard InChI is InChI=1S/C12H13N3O3/c1-8(16)13-7-11-14-12(15-18-11)9-4-3-5-10(6-9)17-2/h3-6H,7H2,1-2H3,(H,13,16). The van der Waals surface area contributed by atoms with Crippen LogP contribution in [0.15, 0.2) is 28.8 Å². The molecule has 1 amide bonds. The van der Waals surface area contributed by atoms with Gasteiger partial charge in [0, 0.05) is 12.5 Å². The zero-order chi connectivity index (χ0) is 13.0. The molecular formula is C12H13N3O3. The van der Waals surface area contributed by atoms with E-state index in [1.54, 1.807) is 7.11 Å². The van der Waals surface area contributed by atoms with E-state index in [2.05, 4.69) is 15.5 Å². The lowest BCUT2D eigenvalue weighted by molar-refractivity contribution is -0.119. The number of amides is 1. The number of hydrogen-bond acceptors (Lipinski definition) is 5. The van der Waals surface area contributed by atoms with E-state index in [1.165, 1.54) is 6.92 Å². The first kappa shape index (κ1) is 12.1. The molecule has 0 aliphatic rings. The largest absolute Gasteiger partial charge is 0.497 e. The number of benzene rings is 1. The maximum absolute atomic E-state index is 10.8. The zero-order valence-corrected chi connectivity index (χ0v) is 10.1. The van der Waals surface area contributed by atoms with Gasteiger partial charge in [-0.3, -0.25) is 4.79 Å². The number of rotatable bonds is 4. The van der Waals surface area contributed by atoms with E-state index in [0.717, 1.165) is 11.3 Å². The predicted molar refractivity (Wildman–Crippen MR) is 63.8 cm³/mol. The number of aromatic nitrogens is 2. The summed E-state index contributed by atoms with van der Waals surface area (Å²) in [6.45, 7) is 1.66. The Hall–Kier alpha value is -2.37. The number of nitrogens with zero attached hydrogens (tertiary/aromatic N) is 2. The van der Waals surface area contributed by atoms with Gasteiger partial charge in [0.25, 0.3) is 0 Å². The molecule has 0 aliphatic heterocycles. The second-order valence-electron chi connectivity index (χ2n) is 3.65. The van der Waals surface area contributed by atoms with Gasteiger partial charge in [0.1, 0.15) is 5.75 Å². The summed E-state index contributed by atoms with van der Waals surface area (Å²) in [5.74, 6) is 1.41. The zero-order valence-electron chi connectivity index (χ0n) is 10.1. The second-order valence-corrected chi connectivity index (χ2v) is 3.65. The van der Waals surface area contributed by atoms with Gasteiger partial charge in [-0.15, -0.1) is 0 Å². The van der Waals surface area contributed by atoms with Crippen molar-refractivity contribution in [3.8, 4) is 17.1 Å². The Morgan fingerprint density at radius 3 is 3.06 bits per heavy atom. The number of methoxy groups -OCH3 is 1. The highest BCUT2D eigenvalue weighted by Gasteiger charge is 2.09. The highest BCUT2D eigenvalue weighted by atomic mass is 16.5. The molecule has 0 radical (unpaired) electrons. The van der Waals surface area contributed by atoms with E-state index in [4.69, 9.17) is 9.26 Å². The minimum absolute atomic E-state index is 0.142. The number of hydrogen-bond donors (Lipinski definition) is 1. The molecule has 2 aromatic rings. The van der Waals surface area contributed by atoms with Crippen LogP contribution in [0.1, 0.15) is 12.8 Å². The third kappa shape index (κ3) is 2.85. The van der Waals surface area contributed by atoms with Crippen molar-refractivity contribution in [2.75, 3.05) is 7.11 Å². The topological polar surface area (TPSA) is 77.3 Å². The molecule has 94 valence electrons. The van der Waals surface area contributed by atoms with Crippen molar-refractivity contribution in [3.05, 3.63) is 30.2 Å². The smallest absolute Gasteiger partial charge is 0.246 e. The van der Waals surface area contributed by atoms with E-state index in [-0.39, 0.29) is 12.5 Å². The molecule has 0 aliphatic carbocycles. The van der Waals surface area contributed by atoms with Gasteiger partial charge in [-0.25, -0.2) is 0 Å². The SMILES string of the molecule is COc1cccc(-c2noc(CNC(C)=O)n2)c1. The lowest BCUT2D eigenvalue weighted by Gasteiger charge is -1.99. The average molecular weight is 247 g/mol. The number of nitrogens with one attached hydrogen (secondary N) is 1. The normalized spacial score (nSPS) is 10.1. The second kappa shape index (κ2) is 5.31. The first-order chi connectivity index (χ1) is 8.69. The van der Waals surface area contributed by atoms with Crippen LogP contribution < -0.4 is 10.1 Å². The van der Waals surface area contributed by atoms with E-state index in [1.807, 2.05) is 24.3 Å². The van der Waals surface area contributed by atoms with Crippen LogP contribution in [0.2, 0.25) is 0 Å². The molecule has 0 atom stereocenters. The Balaban J connectivity index is 2.15. The summed E-state index contributed by atoms with van der Waals surface area (Å²) in [5.41, 5.74) is 0.798. The van der Waals surface area contributed by atoms with Gasteiger partial charge in [-0.05, 0) is 12.1 Å². The summed E-state index contributed by atoms with van der Waals surface area (Å²) in [6.07, 6.45) is 0. The summed E-state index contributed by atoms with van der Waals surface area (Å²) in [5, 5.41) is 6.44. The van der Waals surface area contributed by atoms with Gasteiger partial charge in [0.2, 0.25) is 17.6 Å². The quantitative estimate of drug-likeness (QED) is 0.883. The maximum Gasteiger partial charge on any atom is 0.246 e. The van der Waals surface area contributed by atoms with Gasteiger partial charge >= 0.3 is 0 Å². The van der Waals surface area contributed by atoms with Gasteiger partial charge in [-0.1, -0.05) is 17.3 Å². The van der Waals surface area contributed by atoms with Crippen LogP contribution in [0.5, 0.6) is 5.75 Å². The highest BCUT2D eigenvalue weighted by Crippen LogP contribution is 2.21. The molecule has 1 heterocycles. The molecule has 0 unspecified atom stereocenters. The minimum atomic E-state index is -0.142. The third-order valence-electron chi connectivity index (χ3n) is 2.28. The number of carbonyl (C=O) groups is 1. The molecule has 0 fully saturated rings. The summed E-state index contributed by atoms with van der Waals surface area (Å²) in [7, 11) is 1.59. The fourth-order valence-electron chi connectivity index (χ4n) is 1.41. The Bertz CT molecular complexity index is 551. The molecular weight excluding hydrogens is 234 g/mol. The van der Waals surface area contributed by atoms with Crippen LogP contribution in [0, 0.1) is 0 Å². The van der Waals surface area contributed by atoms with Crippen LogP contribution in [-0.2, 0) is 11.3 Å². The van der Waals surface area contributed by atoms with Gasteiger partial charge in [0.05, 0.1) is 13.7 Å². The van der Waals surface area contributed by atoms with Crippen LogP contribution in [0.3, 0.4) is 0 Å². The van der Waals surface area contributed by atoms with E-state index < -0.39 is 0 Å². The summed E-state index contributed by atoms with van der Waals surface area (Å²) in [6, 6.07) is 7.35. The van der Waals surface area contributed by atoms with Crippen molar-refractivity contribution in [3.63, 3.8) is 0 Å². The Kier molecular flexibility index (Phi) is 3.57. The molecule has 6 heteroatoms. The van der Waals surface area contributed by atoms with E-state index >= 15 is 0 Å². The molecule has 6 nitrogen and oxygen atoms in total. The first-order valence-corrected chi connectivity index (χ1v) is 5.40. The van der Waals surface area contributed by atoms with Crippen LogP contribution >= 0.6 is 0 Å². The molecule has 0 bridgehead atoms. The minimum Gasteiger partial charge on any atom is -0.497 e. The Morgan fingerprint density at radius 2 is 2.33 bits per heavy atom. The molecule has 1 N–H and O–H groups in total.